The Morgan fingerprint density at radius 1 is 1.12 bits per heavy atom. The van der Waals surface area contributed by atoms with Gasteiger partial charge in [0.1, 0.15) is 0 Å². The van der Waals surface area contributed by atoms with Crippen molar-refractivity contribution in [2.75, 3.05) is 44.8 Å². The fraction of sp³-hybridized carbons (Fsp3) is 0.577. The summed E-state index contributed by atoms with van der Waals surface area (Å²) in [6.45, 7) is 6.54. The van der Waals surface area contributed by atoms with Gasteiger partial charge >= 0.3 is 0 Å². The van der Waals surface area contributed by atoms with E-state index in [4.69, 9.17) is 14.7 Å². The van der Waals surface area contributed by atoms with Crippen LogP contribution in [0.3, 0.4) is 0 Å². The van der Waals surface area contributed by atoms with Crippen molar-refractivity contribution in [3.8, 4) is 0 Å². The predicted octanol–water partition coefficient (Wildman–Crippen LogP) is 3.53. The fourth-order valence-electron chi connectivity index (χ4n) is 5.20. The third-order valence-electron chi connectivity index (χ3n) is 7.23. The number of fused-ring (bicyclic) bond motifs is 1. The number of nitrogens with zero attached hydrogens (tertiary/aromatic N) is 5. The summed E-state index contributed by atoms with van der Waals surface area (Å²) >= 11 is 0. The van der Waals surface area contributed by atoms with Crippen molar-refractivity contribution in [2.45, 2.75) is 51.5 Å². The largest absolute Gasteiger partial charge is 0.378 e. The van der Waals surface area contributed by atoms with Crippen molar-refractivity contribution in [3.05, 3.63) is 41.9 Å². The minimum absolute atomic E-state index is 0.511. The zero-order valence-electron chi connectivity index (χ0n) is 20.0. The number of aryl methyl sites for hydroxylation is 1. The summed E-state index contributed by atoms with van der Waals surface area (Å²) in [4.78, 5) is 18.9. The lowest BCUT2D eigenvalue weighted by Gasteiger charge is -2.33. The van der Waals surface area contributed by atoms with Gasteiger partial charge in [-0.15, -0.1) is 0 Å². The molecule has 5 rings (SSSR count). The van der Waals surface area contributed by atoms with Crippen molar-refractivity contribution < 1.29 is 4.74 Å². The molecule has 176 valence electrons. The maximum atomic E-state index is 5.57. The molecule has 1 saturated carbocycles. The molecule has 0 atom stereocenters. The topological polar surface area (TPSA) is 65.9 Å². The van der Waals surface area contributed by atoms with Gasteiger partial charge in [-0.05, 0) is 68.2 Å². The molecule has 0 unspecified atom stereocenters. The molecule has 7 heteroatoms. The van der Waals surface area contributed by atoms with Crippen LogP contribution < -0.4 is 10.2 Å². The molecule has 2 aliphatic heterocycles. The fourth-order valence-corrected chi connectivity index (χ4v) is 5.20. The van der Waals surface area contributed by atoms with Crippen molar-refractivity contribution in [2.24, 2.45) is 10.9 Å². The summed E-state index contributed by atoms with van der Waals surface area (Å²) in [7, 11) is 2.10. The number of ether oxygens (including phenoxy) is 1. The number of nitrogens with one attached hydrogen (secondary N) is 1. The Kier molecular flexibility index (Phi) is 6.76. The Balaban J connectivity index is 1.31. The zero-order chi connectivity index (χ0) is 22.6. The molecule has 0 amide bonds. The average Bonchev–Trinajstić information content (AvgIpc) is 2.87. The first-order valence-electron chi connectivity index (χ1n) is 12.5. The first-order chi connectivity index (χ1) is 16.2. The van der Waals surface area contributed by atoms with Crippen LogP contribution in [0, 0.1) is 5.92 Å². The number of aromatic nitrogens is 2. The predicted molar refractivity (Wildman–Crippen MR) is 134 cm³/mol. The van der Waals surface area contributed by atoms with Crippen molar-refractivity contribution in [3.63, 3.8) is 0 Å². The Morgan fingerprint density at radius 2 is 1.94 bits per heavy atom. The van der Waals surface area contributed by atoms with E-state index in [1.165, 1.54) is 36.9 Å². The van der Waals surface area contributed by atoms with Crippen LogP contribution in [0.15, 0.2) is 35.6 Å². The van der Waals surface area contributed by atoms with Gasteiger partial charge in [0.2, 0.25) is 0 Å². The Morgan fingerprint density at radius 3 is 2.70 bits per heavy atom. The number of anilines is 1. The highest BCUT2D eigenvalue weighted by Gasteiger charge is 2.25. The first kappa shape index (κ1) is 22.1. The van der Waals surface area contributed by atoms with E-state index in [0.29, 0.717) is 12.0 Å². The van der Waals surface area contributed by atoms with Gasteiger partial charge in [0.15, 0.2) is 5.96 Å². The molecular weight excluding hydrogens is 412 g/mol. The molecule has 0 spiro atoms. The maximum absolute atomic E-state index is 5.57. The highest BCUT2D eigenvalue weighted by molar-refractivity contribution is 5.83. The number of morpholine rings is 1. The number of hydrogen-bond acceptors (Lipinski definition) is 7. The Hall–Kier alpha value is -2.67. The molecular formula is C26H36N6O. The van der Waals surface area contributed by atoms with E-state index in [1.807, 2.05) is 12.4 Å². The van der Waals surface area contributed by atoms with Gasteiger partial charge in [-0.3, -0.25) is 4.98 Å². The number of rotatable bonds is 5. The minimum Gasteiger partial charge on any atom is -0.378 e. The number of likely N-dealkylation sites (N-methyl/N-ethyl adjacent to an activating group) is 1. The van der Waals surface area contributed by atoms with E-state index in [-0.39, 0.29) is 0 Å². The molecule has 0 radical (unpaired) electrons. The van der Waals surface area contributed by atoms with Gasteiger partial charge in [-0.1, -0.05) is 6.92 Å². The number of guanidine groups is 1. The lowest BCUT2D eigenvalue weighted by atomic mass is 9.82. The van der Waals surface area contributed by atoms with E-state index < -0.39 is 0 Å². The van der Waals surface area contributed by atoms with Crippen LogP contribution in [0.25, 0.3) is 11.0 Å². The monoisotopic (exact) mass is 448 g/mol. The van der Waals surface area contributed by atoms with Crippen molar-refractivity contribution in [1.29, 1.82) is 0 Å². The summed E-state index contributed by atoms with van der Waals surface area (Å²) in [5.74, 6) is 1.69. The third kappa shape index (κ3) is 5.13. The summed E-state index contributed by atoms with van der Waals surface area (Å²) < 4.78 is 5.57. The van der Waals surface area contributed by atoms with Crippen LogP contribution >= 0.6 is 0 Å². The summed E-state index contributed by atoms with van der Waals surface area (Å²) in [6.07, 6.45) is 12.8. The van der Waals surface area contributed by atoms with Crippen molar-refractivity contribution in [1.82, 2.24) is 20.2 Å². The molecule has 33 heavy (non-hydrogen) atoms. The van der Waals surface area contributed by atoms with Gasteiger partial charge in [-0.2, -0.15) is 0 Å². The van der Waals surface area contributed by atoms with Crippen LogP contribution in [0.5, 0.6) is 0 Å². The van der Waals surface area contributed by atoms with E-state index >= 15 is 0 Å². The second-order valence-corrected chi connectivity index (χ2v) is 9.57. The van der Waals surface area contributed by atoms with E-state index in [0.717, 1.165) is 68.4 Å². The van der Waals surface area contributed by atoms with E-state index in [1.54, 1.807) is 0 Å². The van der Waals surface area contributed by atoms with Crippen molar-refractivity contribution >= 4 is 22.7 Å². The second kappa shape index (κ2) is 10.1. The van der Waals surface area contributed by atoms with Gasteiger partial charge in [0.05, 0.1) is 29.9 Å². The quantitative estimate of drug-likeness (QED) is 0.755. The van der Waals surface area contributed by atoms with Gasteiger partial charge in [0, 0.05) is 50.8 Å². The van der Waals surface area contributed by atoms with Crippen LogP contribution in [0.2, 0.25) is 0 Å². The average molecular weight is 449 g/mol. The summed E-state index contributed by atoms with van der Waals surface area (Å²) in [5, 5.41) is 3.67. The molecule has 0 bridgehead atoms. The van der Waals surface area contributed by atoms with Crippen LogP contribution in [0.1, 0.15) is 43.9 Å². The SMILES string of the molecule is CCc1cnc2cc(N3CCOCC3)cc(C[C@H]3CC[C@@H](NC4=NC=CCN4C)CC3)c2n1. The molecule has 1 N–H and O–H groups in total. The molecule has 3 aliphatic rings. The Labute approximate surface area is 196 Å². The highest BCUT2D eigenvalue weighted by Crippen LogP contribution is 2.32. The summed E-state index contributed by atoms with van der Waals surface area (Å²) in [6, 6.07) is 5.11. The lowest BCUT2D eigenvalue weighted by molar-refractivity contribution is 0.122. The highest BCUT2D eigenvalue weighted by atomic mass is 16.5. The van der Waals surface area contributed by atoms with Crippen LogP contribution in [0.4, 0.5) is 5.69 Å². The molecule has 2 fully saturated rings. The lowest BCUT2D eigenvalue weighted by Crippen LogP contribution is -2.46. The van der Waals surface area contributed by atoms with Gasteiger partial charge in [0.25, 0.3) is 0 Å². The Bertz CT molecular complexity index is 1020. The zero-order valence-corrected chi connectivity index (χ0v) is 20.0. The smallest absolute Gasteiger partial charge is 0.198 e. The summed E-state index contributed by atoms with van der Waals surface area (Å²) in [5.41, 5.74) is 5.81. The normalized spacial score (nSPS) is 23.6. The molecule has 1 aromatic carbocycles. The number of hydrogen-bond donors (Lipinski definition) is 1. The molecule has 7 nitrogen and oxygen atoms in total. The van der Waals surface area contributed by atoms with Crippen LogP contribution in [-0.2, 0) is 17.6 Å². The molecule has 3 heterocycles. The standard InChI is InChI=1S/C26H36N6O/c1-3-21-18-28-24-17-23(32-11-13-33-14-12-32)16-20(25(24)29-21)15-19-5-7-22(8-6-19)30-26-27-9-4-10-31(26)2/h4,9,16-19,22H,3,5-8,10-15H2,1-2H3,(H,27,30)/t19-,22+. The minimum atomic E-state index is 0.511. The van der Waals surface area contributed by atoms with E-state index in [2.05, 4.69) is 52.3 Å². The third-order valence-corrected chi connectivity index (χ3v) is 7.23. The number of benzene rings is 1. The number of aliphatic imine (C=N–C) groups is 1. The maximum Gasteiger partial charge on any atom is 0.198 e. The molecule has 1 aliphatic carbocycles. The first-order valence-corrected chi connectivity index (χ1v) is 12.5. The van der Waals surface area contributed by atoms with E-state index in [9.17, 15) is 0 Å². The van der Waals surface area contributed by atoms with Crippen LogP contribution in [-0.4, -0.2) is 66.8 Å². The van der Waals surface area contributed by atoms with Gasteiger partial charge in [-0.25, -0.2) is 9.98 Å². The molecule has 2 aromatic rings. The molecule has 1 aromatic heterocycles. The molecule has 1 saturated heterocycles. The second-order valence-electron chi connectivity index (χ2n) is 9.57. The van der Waals surface area contributed by atoms with Gasteiger partial charge < -0.3 is 19.9 Å².